The van der Waals surface area contributed by atoms with E-state index in [1.165, 1.54) is 0 Å². The minimum atomic E-state index is -0.200. The molecule has 1 amide bonds. The number of nitrogens with one attached hydrogen (secondary N) is 1. The molecule has 3 aromatic rings. The van der Waals surface area contributed by atoms with Gasteiger partial charge in [-0.1, -0.05) is 29.8 Å². The van der Waals surface area contributed by atoms with Gasteiger partial charge in [-0.05, 0) is 48.0 Å². The smallest absolute Gasteiger partial charge is 0.258 e. The molecular formula is C20H17ClN2O3. The highest BCUT2D eigenvalue weighted by Crippen LogP contribution is 2.22. The first-order chi connectivity index (χ1) is 12.7. The number of halogens is 1. The fourth-order valence-electron chi connectivity index (χ4n) is 2.13. The third-order valence-electron chi connectivity index (χ3n) is 3.46. The fraction of sp³-hybridized carbons (Fsp3) is 0.100. The third kappa shape index (κ3) is 5.50. The van der Waals surface area contributed by atoms with Gasteiger partial charge in [-0.3, -0.25) is 4.79 Å². The monoisotopic (exact) mass is 368 g/mol. The average molecular weight is 369 g/mol. The number of aromatic nitrogens is 1. The molecule has 0 bridgehead atoms. The second-order valence-electron chi connectivity index (χ2n) is 5.43. The number of pyridine rings is 1. The lowest BCUT2D eigenvalue weighted by molar-refractivity contribution is -0.123. The van der Waals surface area contributed by atoms with Crippen LogP contribution in [0.2, 0.25) is 5.02 Å². The number of benzene rings is 2. The predicted octanol–water partition coefficient (Wildman–Crippen LogP) is 4.22. The van der Waals surface area contributed by atoms with Gasteiger partial charge in [-0.2, -0.15) is 0 Å². The molecule has 0 saturated carbocycles. The van der Waals surface area contributed by atoms with Gasteiger partial charge < -0.3 is 14.8 Å². The number of amides is 1. The van der Waals surface area contributed by atoms with Gasteiger partial charge in [-0.15, -0.1) is 0 Å². The molecule has 5 nitrogen and oxygen atoms in total. The molecule has 0 saturated heterocycles. The Kier molecular flexibility index (Phi) is 6.06. The van der Waals surface area contributed by atoms with Crippen LogP contribution in [0.4, 0.5) is 0 Å². The van der Waals surface area contributed by atoms with Crippen LogP contribution in [0.25, 0.3) is 0 Å². The first-order valence-corrected chi connectivity index (χ1v) is 8.40. The van der Waals surface area contributed by atoms with Gasteiger partial charge in [0.25, 0.3) is 5.91 Å². The maximum absolute atomic E-state index is 11.9. The van der Waals surface area contributed by atoms with E-state index in [9.17, 15) is 4.79 Å². The Bertz CT molecular complexity index is 837. The Morgan fingerprint density at radius 1 is 0.962 bits per heavy atom. The second kappa shape index (κ2) is 8.87. The van der Waals surface area contributed by atoms with Crippen molar-refractivity contribution in [1.82, 2.24) is 10.3 Å². The van der Waals surface area contributed by atoms with Crippen LogP contribution >= 0.6 is 11.6 Å². The fourth-order valence-corrected chi connectivity index (χ4v) is 2.26. The van der Waals surface area contributed by atoms with Gasteiger partial charge in [0.2, 0.25) is 5.88 Å². The van der Waals surface area contributed by atoms with Crippen LogP contribution in [-0.4, -0.2) is 17.5 Å². The molecule has 0 unspecified atom stereocenters. The van der Waals surface area contributed by atoms with Crippen molar-refractivity contribution in [3.05, 3.63) is 83.5 Å². The summed E-state index contributed by atoms with van der Waals surface area (Å²) in [4.78, 5) is 16.0. The van der Waals surface area contributed by atoms with E-state index in [0.29, 0.717) is 28.9 Å². The molecule has 0 aliphatic rings. The highest BCUT2D eigenvalue weighted by molar-refractivity contribution is 6.30. The highest BCUT2D eigenvalue weighted by Gasteiger charge is 2.04. The van der Waals surface area contributed by atoms with Gasteiger partial charge in [0, 0.05) is 23.8 Å². The van der Waals surface area contributed by atoms with E-state index in [1.54, 1.807) is 48.7 Å². The first-order valence-electron chi connectivity index (χ1n) is 8.02. The predicted molar refractivity (Wildman–Crippen MR) is 99.5 cm³/mol. The van der Waals surface area contributed by atoms with Gasteiger partial charge in [0.05, 0.1) is 0 Å². The lowest BCUT2D eigenvalue weighted by atomic mass is 10.2. The Balaban J connectivity index is 1.44. The van der Waals surface area contributed by atoms with Crippen molar-refractivity contribution in [2.75, 3.05) is 6.61 Å². The summed E-state index contributed by atoms with van der Waals surface area (Å²) >= 11 is 5.83. The molecule has 1 N–H and O–H groups in total. The van der Waals surface area contributed by atoms with Gasteiger partial charge in [0.15, 0.2) is 6.61 Å². The number of nitrogens with zero attached hydrogens (tertiary/aromatic N) is 1. The Morgan fingerprint density at radius 2 is 1.69 bits per heavy atom. The number of hydrogen-bond donors (Lipinski definition) is 1. The zero-order chi connectivity index (χ0) is 18.2. The molecule has 0 fully saturated rings. The maximum Gasteiger partial charge on any atom is 0.258 e. The number of ether oxygens (including phenoxy) is 2. The molecule has 1 heterocycles. The van der Waals surface area contributed by atoms with E-state index in [0.717, 1.165) is 5.56 Å². The van der Waals surface area contributed by atoms with Crippen molar-refractivity contribution in [3.63, 3.8) is 0 Å². The van der Waals surface area contributed by atoms with Crippen molar-refractivity contribution in [3.8, 4) is 17.4 Å². The number of rotatable bonds is 7. The summed E-state index contributed by atoms with van der Waals surface area (Å²) in [5, 5.41) is 3.46. The topological polar surface area (TPSA) is 60.5 Å². The Morgan fingerprint density at radius 3 is 2.38 bits per heavy atom. The average Bonchev–Trinajstić information content (AvgIpc) is 2.68. The highest BCUT2D eigenvalue weighted by atomic mass is 35.5. The lowest BCUT2D eigenvalue weighted by Gasteiger charge is -2.09. The van der Waals surface area contributed by atoms with Crippen LogP contribution in [0.3, 0.4) is 0 Å². The van der Waals surface area contributed by atoms with Crippen LogP contribution in [0.15, 0.2) is 72.9 Å². The molecule has 1 aromatic heterocycles. The first kappa shape index (κ1) is 17.8. The summed E-state index contributed by atoms with van der Waals surface area (Å²) in [6.07, 6.45) is 1.66. The van der Waals surface area contributed by atoms with E-state index in [2.05, 4.69) is 10.3 Å². The van der Waals surface area contributed by atoms with Crippen molar-refractivity contribution < 1.29 is 14.3 Å². The standard InChI is InChI=1S/C20H17ClN2O3/c21-16-6-4-15(5-7-16)13-23-19(24)14-25-17-8-10-18(11-9-17)26-20-3-1-2-12-22-20/h1-12H,13-14H2,(H,23,24). The van der Waals surface area contributed by atoms with E-state index in [-0.39, 0.29) is 12.5 Å². The second-order valence-corrected chi connectivity index (χ2v) is 5.87. The summed E-state index contributed by atoms with van der Waals surface area (Å²) in [5.41, 5.74) is 0.971. The minimum absolute atomic E-state index is 0.0615. The molecule has 26 heavy (non-hydrogen) atoms. The van der Waals surface area contributed by atoms with Gasteiger partial charge >= 0.3 is 0 Å². The summed E-state index contributed by atoms with van der Waals surface area (Å²) in [7, 11) is 0. The number of hydrogen-bond acceptors (Lipinski definition) is 4. The molecule has 3 rings (SSSR count). The van der Waals surface area contributed by atoms with Crippen molar-refractivity contribution in [1.29, 1.82) is 0 Å². The van der Waals surface area contributed by atoms with Crippen LogP contribution < -0.4 is 14.8 Å². The van der Waals surface area contributed by atoms with E-state index in [4.69, 9.17) is 21.1 Å². The minimum Gasteiger partial charge on any atom is -0.484 e. The molecule has 0 aliphatic carbocycles. The van der Waals surface area contributed by atoms with Crippen LogP contribution in [0, 0.1) is 0 Å². The zero-order valence-corrected chi connectivity index (χ0v) is 14.6. The molecule has 0 aliphatic heterocycles. The molecule has 6 heteroatoms. The van der Waals surface area contributed by atoms with Crippen LogP contribution in [0.1, 0.15) is 5.56 Å². The van der Waals surface area contributed by atoms with E-state index in [1.807, 2.05) is 24.3 Å². The summed E-state index contributed by atoms with van der Waals surface area (Å²) in [6, 6.07) is 19.7. The number of carbonyl (C=O) groups is 1. The molecule has 0 atom stereocenters. The summed E-state index contributed by atoms with van der Waals surface area (Å²) < 4.78 is 11.1. The Hall–Kier alpha value is -3.05. The normalized spacial score (nSPS) is 10.2. The quantitative estimate of drug-likeness (QED) is 0.678. The Labute approximate surface area is 156 Å². The molecule has 0 radical (unpaired) electrons. The molecular weight excluding hydrogens is 352 g/mol. The lowest BCUT2D eigenvalue weighted by Crippen LogP contribution is -2.28. The third-order valence-corrected chi connectivity index (χ3v) is 3.71. The van der Waals surface area contributed by atoms with Crippen LogP contribution in [-0.2, 0) is 11.3 Å². The molecule has 0 spiro atoms. The van der Waals surface area contributed by atoms with Crippen molar-refractivity contribution in [2.24, 2.45) is 0 Å². The summed E-state index contributed by atoms with van der Waals surface area (Å²) in [5.74, 6) is 1.54. The largest absolute Gasteiger partial charge is 0.484 e. The molecule has 2 aromatic carbocycles. The van der Waals surface area contributed by atoms with Crippen LogP contribution in [0.5, 0.6) is 17.4 Å². The maximum atomic E-state index is 11.9. The van der Waals surface area contributed by atoms with E-state index >= 15 is 0 Å². The molecule has 132 valence electrons. The SMILES string of the molecule is O=C(COc1ccc(Oc2ccccn2)cc1)NCc1ccc(Cl)cc1. The zero-order valence-electron chi connectivity index (χ0n) is 13.9. The summed E-state index contributed by atoms with van der Waals surface area (Å²) in [6.45, 7) is 0.365. The number of carbonyl (C=O) groups excluding carboxylic acids is 1. The van der Waals surface area contributed by atoms with Gasteiger partial charge in [0.1, 0.15) is 11.5 Å². The van der Waals surface area contributed by atoms with Crippen molar-refractivity contribution >= 4 is 17.5 Å². The van der Waals surface area contributed by atoms with Crippen molar-refractivity contribution in [2.45, 2.75) is 6.54 Å². The van der Waals surface area contributed by atoms with E-state index < -0.39 is 0 Å². The van der Waals surface area contributed by atoms with Gasteiger partial charge in [-0.25, -0.2) is 4.98 Å².